The zero-order valence-electron chi connectivity index (χ0n) is 11.9. The van der Waals surface area contributed by atoms with Crippen LogP contribution in [0.15, 0.2) is 12.1 Å². The number of nitrogens with two attached hydrogens (primary N) is 1. The lowest BCUT2D eigenvalue weighted by Gasteiger charge is -2.26. The maximum absolute atomic E-state index is 11.1. The summed E-state index contributed by atoms with van der Waals surface area (Å²) in [6, 6.07) is 3.18. The first-order chi connectivity index (χ1) is 9.58. The molecule has 6 heteroatoms. The normalized spacial score (nSPS) is 16.1. The molecular formula is C14H22N4O2. The number of hydrogen-bond acceptors (Lipinski definition) is 5. The maximum Gasteiger partial charge on any atom is 0.292 e. The van der Waals surface area contributed by atoms with Crippen LogP contribution in [-0.2, 0) is 0 Å². The van der Waals surface area contributed by atoms with Crippen molar-refractivity contribution < 1.29 is 4.92 Å². The third-order valence-corrected chi connectivity index (χ3v) is 3.77. The van der Waals surface area contributed by atoms with Gasteiger partial charge in [-0.05, 0) is 44.5 Å². The van der Waals surface area contributed by atoms with Crippen molar-refractivity contribution in [2.75, 3.05) is 37.2 Å². The number of nitro groups is 1. The first kappa shape index (κ1) is 14.6. The van der Waals surface area contributed by atoms with Crippen molar-refractivity contribution in [3.05, 3.63) is 27.8 Å². The predicted molar refractivity (Wildman–Crippen MR) is 81.0 cm³/mol. The molecule has 6 nitrogen and oxygen atoms in total. The molecule has 1 fully saturated rings. The molecule has 1 aromatic rings. The van der Waals surface area contributed by atoms with Gasteiger partial charge in [0.2, 0.25) is 0 Å². The first-order valence-electron chi connectivity index (χ1n) is 7.08. The van der Waals surface area contributed by atoms with Crippen LogP contribution in [0.25, 0.3) is 0 Å². The van der Waals surface area contributed by atoms with Gasteiger partial charge in [-0.3, -0.25) is 10.1 Å². The van der Waals surface area contributed by atoms with Crippen LogP contribution in [-0.4, -0.2) is 36.0 Å². The van der Waals surface area contributed by atoms with Gasteiger partial charge >= 0.3 is 0 Å². The van der Waals surface area contributed by atoms with Crippen LogP contribution in [0.4, 0.5) is 17.1 Å². The van der Waals surface area contributed by atoms with Crippen molar-refractivity contribution in [1.82, 2.24) is 4.90 Å². The van der Waals surface area contributed by atoms with Crippen LogP contribution < -0.4 is 11.1 Å². The van der Waals surface area contributed by atoms with Gasteiger partial charge in [-0.25, -0.2) is 0 Å². The summed E-state index contributed by atoms with van der Waals surface area (Å²) in [7, 11) is 0. The average Bonchev–Trinajstić information content (AvgIpc) is 2.43. The van der Waals surface area contributed by atoms with E-state index in [9.17, 15) is 10.1 Å². The molecule has 0 aromatic heterocycles. The fourth-order valence-corrected chi connectivity index (χ4v) is 2.53. The van der Waals surface area contributed by atoms with Gasteiger partial charge in [0, 0.05) is 24.8 Å². The lowest BCUT2D eigenvalue weighted by molar-refractivity contribution is -0.384. The Hall–Kier alpha value is -1.82. The summed E-state index contributed by atoms with van der Waals surface area (Å²) in [5.41, 5.74) is 7.75. The fourth-order valence-electron chi connectivity index (χ4n) is 2.53. The van der Waals surface area contributed by atoms with Gasteiger partial charge in [-0.15, -0.1) is 0 Å². The van der Waals surface area contributed by atoms with Gasteiger partial charge in [-0.1, -0.05) is 6.42 Å². The van der Waals surface area contributed by atoms with E-state index >= 15 is 0 Å². The zero-order valence-corrected chi connectivity index (χ0v) is 11.9. The van der Waals surface area contributed by atoms with Crippen LogP contribution in [0, 0.1) is 17.0 Å². The van der Waals surface area contributed by atoms with Gasteiger partial charge in [0.05, 0.1) is 4.92 Å². The standard InChI is InChI=1S/C14H22N4O2/c1-11-9-14(18(19)20)13(10-12(11)15)16-5-8-17-6-3-2-4-7-17/h9-10,16H,2-8,15H2,1H3. The minimum atomic E-state index is -0.365. The molecule has 0 atom stereocenters. The summed E-state index contributed by atoms with van der Waals surface area (Å²) in [5, 5.41) is 14.2. The second kappa shape index (κ2) is 6.56. The second-order valence-electron chi connectivity index (χ2n) is 5.31. The monoisotopic (exact) mass is 278 g/mol. The summed E-state index contributed by atoms with van der Waals surface area (Å²) in [4.78, 5) is 13.1. The number of nitrogens with zero attached hydrogens (tertiary/aromatic N) is 2. The highest BCUT2D eigenvalue weighted by Crippen LogP contribution is 2.29. The highest BCUT2D eigenvalue weighted by molar-refractivity contribution is 5.70. The van der Waals surface area contributed by atoms with Gasteiger partial charge in [0.25, 0.3) is 5.69 Å². The van der Waals surface area contributed by atoms with Crippen molar-refractivity contribution in [2.24, 2.45) is 0 Å². The predicted octanol–water partition coefficient (Wildman–Crippen LogP) is 2.38. The molecule has 0 unspecified atom stereocenters. The van der Waals surface area contributed by atoms with E-state index in [-0.39, 0.29) is 10.6 Å². The quantitative estimate of drug-likeness (QED) is 0.491. The molecule has 0 radical (unpaired) electrons. The van der Waals surface area contributed by atoms with Crippen molar-refractivity contribution >= 4 is 17.1 Å². The van der Waals surface area contributed by atoms with E-state index in [0.717, 1.165) is 25.2 Å². The molecular weight excluding hydrogens is 256 g/mol. The Morgan fingerprint density at radius 2 is 2.05 bits per heavy atom. The van der Waals surface area contributed by atoms with Crippen molar-refractivity contribution in [3.8, 4) is 0 Å². The summed E-state index contributed by atoms with van der Waals surface area (Å²) in [6.07, 6.45) is 3.80. The van der Waals surface area contributed by atoms with Crippen molar-refractivity contribution in [2.45, 2.75) is 26.2 Å². The third-order valence-electron chi connectivity index (χ3n) is 3.77. The van der Waals surface area contributed by atoms with Gasteiger partial charge in [0.15, 0.2) is 0 Å². The van der Waals surface area contributed by atoms with E-state index in [1.54, 1.807) is 13.0 Å². The first-order valence-corrected chi connectivity index (χ1v) is 7.08. The van der Waals surface area contributed by atoms with E-state index < -0.39 is 0 Å². The fraction of sp³-hybridized carbons (Fsp3) is 0.571. The molecule has 0 bridgehead atoms. The number of anilines is 2. The number of aryl methyl sites for hydroxylation is 1. The van der Waals surface area contributed by atoms with Crippen LogP contribution in [0.3, 0.4) is 0 Å². The number of likely N-dealkylation sites (tertiary alicyclic amines) is 1. The lowest BCUT2D eigenvalue weighted by Crippen LogP contribution is -2.33. The number of piperidine rings is 1. The number of nitrogen functional groups attached to an aromatic ring is 1. The minimum absolute atomic E-state index is 0.0929. The topological polar surface area (TPSA) is 84.4 Å². The van der Waals surface area contributed by atoms with Gasteiger partial charge in [-0.2, -0.15) is 0 Å². The Morgan fingerprint density at radius 3 is 2.70 bits per heavy atom. The zero-order chi connectivity index (χ0) is 14.5. The van der Waals surface area contributed by atoms with E-state index in [4.69, 9.17) is 5.73 Å². The minimum Gasteiger partial charge on any atom is -0.398 e. The summed E-state index contributed by atoms with van der Waals surface area (Å²) in [5.74, 6) is 0. The lowest BCUT2D eigenvalue weighted by atomic mass is 10.1. The molecule has 1 aromatic carbocycles. The van der Waals surface area contributed by atoms with E-state index in [2.05, 4.69) is 10.2 Å². The molecule has 1 heterocycles. The Bertz CT molecular complexity index is 484. The number of rotatable bonds is 5. The van der Waals surface area contributed by atoms with Crippen LogP contribution in [0.1, 0.15) is 24.8 Å². The van der Waals surface area contributed by atoms with Gasteiger partial charge < -0.3 is 16.0 Å². The Balaban J connectivity index is 1.97. The number of nitro benzene ring substituents is 1. The van der Waals surface area contributed by atoms with E-state index in [1.807, 2.05) is 0 Å². The molecule has 1 saturated heterocycles. The highest BCUT2D eigenvalue weighted by Gasteiger charge is 2.16. The molecule has 110 valence electrons. The van der Waals surface area contributed by atoms with Crippen molar-refractivity contribution in [1.29, 1.82) is 0 Å². The summed E-state index contributed by atoms with van der Waals surface area (Å²) in [6.45, 7) is 5.63. The smallest absolute Gasteiger partial charge is 0.292 e. The molecule has 3 N–H and O–H groups in total. The molecule has 0 aliphatic carbocycles. The molecule has 2 rings (SSSR count). The van der Waals surface area contributed by atoms with Crippen LogP contribution in [0.2, 0.25) is 0 Å². The second-order valence-corrected chi connectivity index (χ2v) is 5.31. The maximum atomic E-state index is 11.1. The van der Waals surface area contributed by atoms with Crippen LogP contribution >= 0.6 is 0 Å². The molecule has 0 spiro atoms. The largest absolute Gasteiger partial charge is 0.398 e. The average molecular weight is 278 g/mol. The van der Waals surface area contributed by atoms with Crippen LogP contribution in [0.5, 0.6) is 0 Å². The molecule has 20 heavy (non-hydrogen) atoms. The third kappa shape index (κ3) is 3.60. The Labute approximate surface area is 119 Å². The summed E-state index contributed by atoms with van der Waals surface area (Å²) < 4.78 is 0. The molecule has 1 aliphatic rings. The Kier molecular flexibility index (Phi) is 4.79. The van der Waals surface area contributed by atoms with E-state index in [0.29, 0.717) is 17.9 Å². The number of nitrogens with one attached hydrogen (secondary N) is 1. The number of benzene rings is 1. The highest BCUT2D eigenvalue weighted by atomic mass is 16.6. The van der Waals surface area contributed by atoms with Crippen molar-refractivity contribution in [3.63, 3.8) is 0 Å². The summed E-state index contributed by atoms with van der Waals surface area (Å²) >= 11 is 0. The molecule has 1 aliphatic heterocycles. The molecule has 0 saturated carbocycles. The Morgan fingerprint density at radius 1 is 1.35 bits per heavy atom. The van der Waals surface area contributed by atoms with E-state index in [1.165, 1.54) is 25.3 Å². The molecule has 0 amide bonds. The SMILES string of the molecule is Cc1cc([N+](=O)[O-])c(NCCN2CCCCC2)cc1N. The number of hydrogen-bond donors (Lipinski definition) is 2. The van der Waals surface area contributed by atoms with Gasteiger partial charge in [0.1, 0.15) is 5.69 Å².